The van der Waals surface area contributed by atoms with Crippen molar-refractivity contribution in [2.45, 2.75) is 13.0 Å². The van der Waals surface area contributed by atoms with Gasteiger partial charge in [0.15, 0.2) is 0 Å². The number of halogens is 1. The molecule has 1 aromatic heterocycles. The molecule has 0 amide bonds. The molecular formula is C16H18ClN3O2. The van der Waals surface area contributed by atoms with Gasteiger partial charge in [-0.05, 0) is 18.1 Å². The van der Waals surface area contributed by atoms with E-state index in [1.54, 1.807) is 13.2 Å². The standard InChI is InChI=1S/C16H18ClN3O2/c1-11-5-3-4-6-12(11)14-10-20(7-8-22-14)13-9-18-19(2)16(21)15(13)17/h3-6,9,14H,7-8,10H2,1-2H3/t14-/m1/s1. The quantitative estimate of drug-likeness (QED) is 0.852. The van der Waals surface area contributed by atoms with Crippen LogP contribution in [0.4, 0.5) is 5.69 Å². The highest BCUT2D eigenvalue weighted by Crippen LogP contribution is 2.29. The van der Waals surface area contributed by atoms with E-state index in [1.165, 1.54) is 15.8 Å². The summed E-state index contributed by atoms with van der Waals surface area (Å²) in [6.45, 7) is 4.01. The second-order valence-corrected chi connectivity index (χ2v) is 5.81. The van der Waals surface area contributed by atoms with Crippen molar-refractivity contribution in [3.63, 3.8) is 0 Å². The van der Waals surface area contributed by atoms with Crippen LogP contribution >= 0.6 is 11.6 Å². The first-order chi connectivity index (χ1) is 10.6. The number of aromatic nitrogens is 2. The Balaban J connectivity index is 1.90. The predicted molar refractivity (Wildman–Crippen MR) is 86.6 cm³/mol. The van der Waals surface area contributed by atoms with Gasteiger partial charge in [-0.25, -0.2) is 4.68 Å². The summed E-state index contributed by atoms with van der Waals surface area (Å²) < 4.78 is 7.14. The molecule has 1 saturated heterocycles. The molecule has 1 atom stereocenters. The van der Waals surface area contributed by atoms with Crippen molar-refractivity contribution in [3.8, 4) is 0 Å². The molecule has 1 aliphatic rings. The van der Waals surface area contributed by atoms with Crippen LogP contribution in [0.15, 0.2) is 35.3 Å². The van der Waals surface area contributed by atoms with Crippen molar-refractivity contribution in [2.24, 2.45) is 7.05 Å². The van der Waals surface area contributed by atoms with Crippen molar-refractivity contribution in [1.29, 1.82) is 0 Å². The molecule has 0 N–H and O–H groups in total. The van der Waals surface area contributed by atoms with Crippen LogP contribution in [0.1, 0.15) is 17.2 Å². The van der Waals surface area contributed by atoms with Crippen LogP contribution in [-0.2, 0) is 11.8 Å². The van der Waals surface area contributed by atoms with Crippen LogP contribution in [0.3, 0.4) is 0 Å². The highest BCUT2D eigenvalue weighted by molar-refractivity contribution is 6.33. The topological polar surface area (TPSA) is 47.4 Å². The van der Waals surface area contributed by atoms with Gasteiger partial charge in [-0.2, -0.15) is 5.10 Å². The lowest BCUT2D eigenvalue weighted by atomic mass is 10.0. The minimum Gasteiger partial charge on any atom is -0.370 e. The van der Waals surface area contributed by atoms with Gasteiger partial charge >= 0.3 is 0 Å². The SMILES string of the molecule is Cc1ccccc1[C@H]1CN(c2cnn(C)c(=O)c2Cl)CCO1. The van der Waals surface area contributed by atoms with E-state index in [9.17, 15) is 4.79 Å². The van der Waals surface area contributed by atoms with Gasteiger partial charge in [-0.3, -0.25) is 4.79 Å². The molecule has 5 nitrogen and oxygen atoms in total. The fourth-order valence-corrected chi connectivity index (χ4v) is 3.02. The summed E-state index contributed by atoms with van der Waals surface area (Å²) >= 11 is 6.20. The van der Waals surface area contributed by atoms with Gasteiger partial charge in [0.1, 0.15) is 11.1 Å². The van der Waals surface area contributed by atoms with Crippen LogP contribution in [0.2, 0.25) is 5.02 Å². The Morgan fingerprint density at radius 2 is 2.14 bits per heavy atom. The van der Waals surface area contributed by atoms with E-state index in [1.807, 2.05) is 12.1 Å². The maximum atomic E-state index is 11.9. The number of aryl methyl sites for hydroxylation is 2. The zero-order valence-corrected chi connectivity index (χ0v) is 13.4. The Hall–Kier alpha value is -1.85. The molecule has 116 valence electrons. The number of ether oxygens (including phenoxy) is 1. The van der Waals surface area contributed by atoms with E-state index in [0.29, 0.717) is 25.4 Å². The highest BCUT2D eigenvalue weighted by Gasteiger charge is 2.25. The predicted octanol–water partition coefficient (Wildman–Crippen LogP) is 2.32. The smallest absolute Gasteiger partial charge is 0.287 e. The van der Waals surface area contributed by atoms with Crippen molar-refractivity contribution in [2.75, 3.05) is 24.6 Å². The molecule has 0 aliphatic carbocycles. The first-order valence-corrected chi connectivity index (χ1v) is 7.59. The number of nitrogens with zero attached hydrogens (tertiary/aromatic N) is 3. The third-order valence-electron chi connectivity index (χ3n) is 4.00. The number of hydrogen-bond donors (Lipinski definition) is 0. The molecule has 2 aromatic rings. The average Bonchev–Trinajstić information content (AvgIpc) is 2.53. The molecule has 0 unspecified atom stereocenters. The minimum absolute atomic E-state index is 0.0323. The number of anilines is 1. The summed E-state index contributed by atoms with van der Waals surface area (Å²) in [7, 11) is 1.59. The maximum Gasteiger partial charge on any atom is 0.287 e. The highest BCUT2D eigenvalue weighted by atomic mass is 35.5. The normalized spacial score (nSPS) is 18.5. The van der Waals surface area contributed by atoms with Gasteiger partial charge in [0, 0.05) is 20.1 Å². The second-order valence-electron chi connectivity index (χ2n) is 5.43. The van der Waals surface area contributed by atoms with Crippen molar-refractivity contribution in [3.05, 3.63) is 57.0 Å². The summed E-state index contributed by atoms with van der Waals surface area (Å²) in [6.07, 6.45) is 1.61. The minimum atomic E-state index is -0.280. The van der Waals surface area contributed by atoms with Gasteiger partial charge in [0.2, 0.25) is 0 Å². The van der Waals surface area contributed by atoms with Gasteiger partial charge in [0.05, 0.1) is 18.5 Å². The molecule has 1 fully saturated rings. The lowest BCUT2D eigenvalue weighted by molar-refractivity contribution is 0.0394. The molecule has 0 saturated carbocycles. The molecule has 3 rings (SSSR count). The van der Waals surface area contributed by atoms with Crippen LogP contribution in [0.5, 0.6) is 0 Å². The molecule has 0 radical (unpaired) electrons. The zero-order chi connectivity index (χ0) is 15.7. The van der Waals surface area contributed by atoms with Gasteiger partial charge in [-0.15, -0.1) is 0 Å². The summed E-state index contributed by atoms with van der Waals surface area (Å²) in [5.41, 5.74) is 2.76. The summed E-state index contributed by atoms with van der Waals surface area (Å²) in [5.74, 6) is 0. The van der Waals surface area contributed by atoms with Crippen LogP contribution in [0.25, 0.3) is 0 Å². The second kappa shape index (κ2) is 6.10. The van der Waals surface area contributed by atoms with Crippen LogP contribution in [0, 0.1) is 6.92 Å². The van der Waals surface area contributed by atoms with Crippen molar-refractivity contribution < 1.29 is 4.74 Å². The molecule has 22 heavy (non-hydrogen) atoms. The van der Waals surface area contributed by atoms with E-state index >= 15 is 0 Å². The van der Waals surface area contributed by atoms with Gasteiger partial charge < -0.3 is 9.64 Å². The van der Waals surface area contributed by atoms with Gasteiger partial charge in [-0.1, -0.05) is 35.9 Å². The fraction of sp³-hybridized carbons (Fsp3) is 0.375. The molecule has 1 aromatic carbocycles. The molecule has 0 spiro atoms. The number of hydrogen-bond acceptors (Lipinski definition) is 4. The summed E-state index contributed by atoms with van der Waals surface area (Å²) in [4.78, 5) is 14.0. The molecule has 6 heteroatoms. The Morgan fingerprint density at radius 1 is 1.36 bits per heavy atom. The number of benzene rings is 1. The average molecular weight is 320 g/mol. The van der Waals surface area contributed by atoms with E-state index < -0.39 is 0 Å². The van der Waals surface area contributed by atoms with E-state index in [2.05, 4.69) is 29.1 Å². The molecule has 0 bridgehead atoms. The Morgan fingerprint density at radius 3 is 2.91 bits per heavy atom. The molecule has 2 heterocycles. The maximum absolute atomic E-state index is 11.9. The van der Waals surface area contributed by atoms with Gasteiger partial charge in [0.25, 0.3) is 5.56 Å². The monoisotopic (exact) mass is 319 g/mol. The first-order valence-electron chi connectivity index (χ1n) is 7.22. The van der Waals surface area contributed by atoms with E-state index in [0.717, 1.165) is 0 Å². The third-order valence-corrected chi connectivity index (χ3v) is 4.36. The molecular weight excluding hydrogens is 302 g/mol. The summed E-state index contributed by atoms with van der Waals surface area (Å²) in [6, 6.07) is 8.18. The van der Waals surface area contributed by atoms with Crippen LogP contribution in [-0.4, -0.2) is 29.5 Å². The van der Waals surface area contributed by atoms with Crippen LogP contribution < -0.4 is 10.5 Å². The summed E-state index contributed by atoms with van der Waals surface area (Å²) in [5, 5.41) is 4.28. The largest absolute Gasteiger partial charge is 0.370 e. The van der Waals surface area contributed by atoms with Crippen molar-refractivity contribution >= 4 is 17.3 Å². The zero-order valence-electron chi connectivity index (χ0n) is 12.6. The fourth-order valence-electron chi connectivity index (χ4n) is 2.73. The van der Waals surface area contributed by atoms with E-state index in [-0.39, 0.29) is 16.7 Å². The lowest BCUT2D eigenvalue weighted by Crippen LogP contribution is -2.39. The number of morpholine rings is 1. The lowest BCUT2D eigenvalue weighted by Gasteiger charge is -2.35. The Bertz CT molecular complexity index is 744. The Labute approximate surface area is 134 Å². The number of rotatable bonds is 2. The first kappa shape index (κ1) is 15.1. The molecule has 1 aliphatic heterocycles. The third kappa shape index (κ3) is 2.74. The van der Waals surface area contributed by atoms with Crippen molar-refractivity contribution in [1.82, 2.24) is 9.78 Å². The van der Waals surface area contributed by atoms with E-state index in [4.69, 9.17) is 16.3 Å². The Kier molecular flexibility index (Phi) is 4.18.